The molecule has 0 saturated carbocycles. The second kappa shape index (κ2) is 10.1. The second-order valence-electron chi connectivity index (χ2n) is 9.25. The number of hydrogen-bond donors (Lipinski definition) is 0. The first-order valence-corrected chi connectivity index (χ1v) is 12.7. The lowest BCUT2D eigenvalue weighted by Gasteiger charge is -2.15. The highest BCUT2D eigenvalue weighted by molar-refractivity contribution is 5.97. The van der Waals surface area contributed by atoms with Gasteiger partial charge >= 0.3 is 0 Å². The van der Waals surface area contributed by atoms with Crippen LogP contribution in [0.3, 0.4) is 0 Å². The minimum Gasteiger partial charge on any atom is -0.0836 e. The monoisotopic (exact) mass is 460 g/mol. The van der Waals surface area contributed by atoms with Crippen LogP contribution < -0.4 is 0 Å². The molecule has 0 radical (unpaired) electrons. The molecule has 4 aromatic carbocycles. The summed E-state index contributed by atoms with van der Waals surface area (Å²) in [5.74, 6) is 0. The molecule has 0 saturated heterocycles. The fourth-order valence-corrected chi connectivity index (χ4v) is 5.11. The van der Waals surface area contributed by atoms with Gasteiger partial charge in [-0.2, -0.15) is 0 Å². The molecule has 0 heteroatoms. The Morgan fingerprint density at radius 3 is 2.11 bits per heavy atom. The third kappa shape index (κ3) is 4.46. The second-order valence-corrected chi connectivity index (χ2v) is 9.25. The molecule has 0 aliphatic heterocycles. The first-order chi connectivity index (χ1) is 17.9. The lowest BCUT2D eigenvalue weighted by Crippen LogP contribution is -1.93. The van der Waals surface area contributed by atoms with Gasteiger partial charge in [0.05, 0.1) is 0 Å². The van der Waals surface area contributed by atoms with Crippen molar-refractivity contribution in [2.75, 3.05) is 0 Å². The Morgan fingerprint density at radius 1 is 0.528 bits per heavy atom. The van der Waals surface area contributed by atoms with Crippen LogP contribution in [0.5, 0.6) is 0 Å². The topological polar surface area (TPSA) is 0 Å². The van der Waals surface area contributed by atoms with Gasteiger partial charge in [-0.3, -0.25) is 0 Å². The summed E-state index contributed by atoms with van der Waals surface area (Å²) in [5, 5.41) is 2.56. The minimum absolute atomic E-state index is 1.09. The van der Waals surface area contributed by atoms with Gasteiger partial charge in [0, 0.05) is 0 Å². The van der Waals surface area contributed by atoms with Crippen molar-refractivity contribution in [3.8, 4) is 22.3 Å². The van der Waals surface area contributed by atoms with Crippen molar-refractivity contribution in [2.24, 2.45) is 0 Å². The van der Waals surface area contributed by atoms with E-state index in [4.69, 9.17) is 0 Å². The van der Waals surface area contributed by atoms with Crippen LogP contribution in [0, 0.1) is 0 Å². The van der Waals surface area contributed by atoms with Gasteiger partial charge in [-0.25, -0.2) is 0 Å². The van der Waals surface area contributed by atoms with Crippen molar-refractivity contribution in [3.63, 3.8) is 0 Å². The number of benzene rings is 3. The predicted octanol–water partition coefficient (Wildman–Crippen LogP) is 9.98. The number of hydrogen-bond acceptors (Lipinski definition) is 0. The standard InChI is InChI=1S/C36H28/c1-2-5-16-32-26-36(29(14-4-1)18-10-20-33(32)27-12-6-3-7-13-27)31-24-22-30(23-25-31)35-21-11-17-28-15-8-9-19-34(28)35/h1-2,4-6,8-26H,3,7H2/b2-1?,4-1?,5-2?,14-4?,16-5?,18-10-,20-10?,29-14?,29-18?,32-16?,32-26?,33-20-,33-32?,36-26?,36-29?. The molecular formula is C36H28. The van der Waals surface area contributed by atoms with E-state index in [1.54, 1.807) is 0 Å². The Labute approximate surface area is 213 Å². The van der Waals surface area contributed by atoms with Gasteiger partial charge < -0.3 is 0 Å². The largest absolute Gasteiger partial charge is 0.0836 e. The van der Waals surface area contributed by atoms with Gasteiger partial charge in [0.15, 0.2) is 0 Å². The normalized spacial score (nSPS) is 16.3. The van der Waals surface area contributed by atoms with Gasteiger partial charge in [-0.15, -0.1) is 0 Å². The van der Waals surface area contributed by atoms with Crippen LogP contribution in [-0.2, 0) is 0 Å². The maximum atomic E-state index is 2.35. The fraction of sp³-hybridized carbons (Fsp3) is 0.0556. The van der Waals surface area contributed by atoms with Crippen LogP contribution >= 0.6 is 0 Å². The number of fused-ring (bicyclic) bond motifs is 4. The van der Waals surface area contributed by atoms with Gasteiger partial charge in [0.2, 0.25) is 0 Å². The molecule has 2 bridgehead atoms. The zero-order chi connectivity index (χ0) is 24.2. The maximum Gasteiger partial charge on any atom is -0.0105 e. The Kier molecular flexibility index (Phi) is 6.17. The van der Waals surface area contributed by atoms with E-state index in [1.165, 1.54) is 55.3 Å². The third-order valence-electron chi connectivity index (χ3n) is 6.95. The predicted molar refractivity (Wildman–Crippen MR) is 156 cm³/mol. The van der Waals surface area contributed by atoms with Crippen molar-refractivity contribution >= 4 is 22.4 Å². The zero-order valence-corrected chi connectivity index (χ0v) is 20.3. The molecule has 172 valence electrons. The van der Waals surface area contributed by atoms with Crippen molar-refractivity contribution in [1.82, 2.24) is 0 Å². The molecule has 0 amide bonds. The zero-order valence-electron chi connectivity index (χ0n) is 20.3. The van der Waals surface area contributed by atoms with Crippen LogP contribution in [0.1, 0.15) is 24.0 Å². The molecular weight excluding hydrogens is 432 g/mol. The molecule has 0 N–H and O–H groups in total. The molecule has 36 heavy (non-hydrogen) atoms. The molecule has 0 heterocycles. The highest BCUT2D eigenvalue weighted by Crippen LogP contribution is 2.35. The van der Waals surface area contributed by atoms with E-state index in [2.05, 4.69) is 146 Å². The van der Waals surface area contributed by atoms with E-state index < -0.39 is 0 Å². The molecule has 2 aliphatic rings. The van der Waals surface area contributed by atoms with Gasteiger partial charge in [-0.05, 0) is 74.2 Å². The van der Waals surface area contributed by atoms with Crippen LogP contribution in [0.15, 0.2) is 145 Å². The minimum atomic E-state index is 1.09. The van der Waals surface area contributed by atoms with Crippen LogP contribution in [0.4, 0.5) is 0 Å². The Bertz CT molecular complexity index is 1600. The summed E-state index contributed by atoms with van der Waals surface area (Å²) in [6.07, 6.45) is 15.8. The lowest BCUT2D eigenvalue weighted by molar-refractivity contribution is 1.03. The van der Waals surface area contributed by atoms with E-state index in [0.29, 0.717) is 0 Å². The van der Waals surface area contributed by atoms with E-state index in [-0.39, 0.29) is 0 Å². The maximum absolute atomic E-state index is 2.35. The van der Waals surface area contributed by atoms with Crippen LogP contribution in [0.2, 0.25) is 0 Å². The average molecular weight is 461 g/mol. The van der Waals surface area contributed by atoms with Gasteiger partial charge in [0.1, 0.15) is 0 Å². The van der Waals surface area contributed by atoms with E-state index in [0.717, 1.165) is 12.8 Å². The Balaban J connectivity index is 1.49. The summed E-state index contributed by atoms with van der Waals surface area (Å²) in [4.78, 5) is 0. The van der Waals surface area contributed by atoms with Crippen molar-refractivity contribution in [1.29, 1.82) is 0 Å². The molecule has 0 nitrogen and oxygen atoms in total. The highest BCUT2D eigenvalue weighted by atomic mass is 14.2. The Morgan fingerprint density at radius 2 is 1.28 bits per heavy atom. The molecule has 0 unspecified atom stereocenters. The summed E-state index contributed by atoms with van der Waals surface area (Å²) >= 11 is 0. The summed E-state index contributed by atoms with van der Waals surface area (Å²) < 4.78 is 0. The van der Waals surface area contributed by atoms with Crippen molar-refractivity contribution in [3.05, 3.63) is 156 Å². The molecule has 4 aromatic rings. The van der Waals surface area contributed by atoms with Crippen molar-refractivity contribution < 1.29 is 0 Å². The van der Waals surface area contributed by atoms with E-state index >= 15 is 0 Å². The number of rotatable bonds is 3. The molecule has 0 aromatic heterocycles. The SMILES string of the molecule is C1=CC(/C2=C/C=C\c3ccccccc2cc3-c2ccc(-c3cccc4ccccc34)cc2)=CCC1. The molecule has 2 aliphatic carbocycles. The summed E-state index contributed by atoms with van der Waals surface area (Å²) in [7, 11) is 0. The Hall–Kier alpha value is -4.42. The van der Waals surface area contributed by atoms with Gasteiger partial charge in [0.25, 0.3) is 0 Å². The van der Waals surface area contributed by atoms with Crippen LogP contribution in [-0.4, -0.2) is 0 Å². The molecule has 0 spiro atoms. The summed E-state index contributed by atoms with van der Waals surface area (Å²) in [5.41, 5.74) is 9.94. The van der Waals surface area contributed by atoms with Gasteiger partial charge in [-0.1, -0.05) is 140 Å². The quantitative estimate of drug-likeness (QED) is 0.285. The molecule has 0 fully saturated rings. The summed E-state index contributed by atoms with van der Waals surface area (Å²) in [6, 6.07) is 39.4. The third-order valence-corrected chi connectivity index (χ3v) is 6.95. The lowest BCUT2D eigenvalue weighted by atomic mass is 9.89. The highest BCUT2D eigenvalue weighted by Gasteiger charge is 2.11. The first kappa shape index (κ1) is 22.1. The van der Waals surface area contributed by atoms with E-state index in [9.17, 15) is 0 Å². The molecule has 0 atom stereocenters. The summed E-state index contributed by atoms with van der Waals surface area (Å²) in [6.45, 7) is 0. The first-order valence-electron chi connectivity index (χ1n) is 12.7. The van der Waals surface area contributed by atoms with E-state index in [1.807, 2.05) is 0 Å². The average Bonchev–Trinajstić information content (AvgIpc) is 2.93. The fourth-order valence-electron chi connectivity index (χ4n) is 5.11. The number of allylic oxidation sites excluding steroid dienone is 7. The van der Waals surface area contributed by atoms with Crippen LogP contribution in [0.25, 0.3) is 44.7 Å². The van der Waals surface area contributed by atoms with Crippen molar-refractivity contribution in [2.45, 2.75) is 12.8 Å². The smallest absolute Gasteiger partial charge is 0.0105 e. The molecule has 6 rings (SSSR count).